The zero-order valence-electron chi connectivity index (χ0n) is 11.2. The van der Waals surface area contributed by atoms with Crippen molar-refractivity contribution in [1.82, 2.24) is 15.0 Å². The molecule has 1 aromatic heterocycles. The van der Waals surface area contributed by atoms with E-state index in [-0.39, 0.29) is 11.8 Å². The minimum Gasteiger partial charge on any atom is -0.315 e. The molecular formula is C13H21N3O2S. The maximum Gasteiger partial charge on any atom is 0.216 e. The van der Waals surface area contributed by atoms with Gasteiger partial charge in [-0.2, -0.15) is 0 Å². The van der Waals surface area contributed by atoms with E-state index in [2.05, 4.69) is 15.0 Å². The Morgan fingerprint density at radius 2 is 2.37 bits per heavy atom. The van der Waals surface area contributed by atoms with Crippen LogP contribution >= 0.6 is 0 Å². The van der Waals surface area contributed by atoms with Crippen molar-refractivity contribution in [2.45, 2.75) is 38.0 Å². The van der Waals surface area contributed by atoms with Crippen LogP contribution in [-0.4, -0.2) is 31.7 Å². The fraction of sp³-hybridized carbons (Fsp3) is 0.615. The van der Waals surface area contributed by atoms with Crippen molar-refractivity contribution < 1.29 is 8.42 Å². The third-order valence-corrected chi connectivity index (χ3v) is 5.32. The molecule has 0 radical (unpaired) electrons. The van der Waals surface area contributed by atoms with E-state index in [0.29, 0.717) is 6.54 Å². The summed E-state index contributed by atoms with van der Waals surface area (Å²) < 4.78 is 27.0. The summed E-state index contributed by atoms with van der Waals surface area (Å²) in [6, 6.07) is 3.86. The second-order valence-corrected chi connectivity index (χ2v) is 6.84. The van der Waals surface area contributed by atoms with Crippen LogP contribution in [0.5, 0.6) is 0 Å². The van der Waals surface area contributed by atoms with E-state index >= 15 is 0 Å². The summed E-state index contributed by atoms with van der Waals surface area (Å²) in [5.41, 5.74) is 1.91. The molecule has 1 aromatic rings. The number of rotatable bonds is 5. The number of piperidine rings is 1. The van der Waals surface area contributed by atoms with E-state index < -0.39 is 10.0 Å². The molecule has 1 atom stereocenters. The third kappa shape index (κ3) is 3.75. The topological polar surface area (TPSA) is 71.1 Å². The first-order chi connectivity index (χ1) is 9.13. The minimum atomic E-state index is -3.26. The number of nitrogens with one attached hydrogen (secondary N) is 2. The van der Waals surface area contributed by atoms with Gasteiger partial charge in [-0.05, 0) is 37.4 Å². The monoisotopic (exact) mass is 283 g/mol. The number of pyridine rings is 1. The van der Waals surface area contributed by atoms with Crippen LogP contribution in [0.1, 0.15) is 31.0 Å². The Labute approximate surface area is 114 Å². The zero-order valence-corrected chi connectivity index (χ0v) is 12.0. The molecule has 0 amide bonds. The van der Waals surface area contributed by atoms with Crippen LogP contribution < -0.4 is 10.0 Å². The second-order valence-electron chi connectivity index (χ2n) is 4.80. The Hall–Kier alpha value is -0.980. The lowest BCUT2D eigenvalue weighted by atomic mass is 10.1. The van der Waals surface area contributed by atoms with E-state index in [1.165, 1.54) is 0 Å². The lowest BCUT2D eigenvalue weighted by Gasteiger charge is -2.23. The van der Waals surface area contributed by atoms with Gasteiger partial charge in [-0.3, -0.25) is 4.98 Å². The van der Waals surface area contributed by atoms with Crippen molar-refractivity contribution in [1.29, 1.82) is 0 Å². The molecule has 2 N–H and O–H groups in total. The van der Waals surface area contributed by atoms with Gasteiger partial charge in [0, 0.05) is 12.7 Å². The number of aromatic nitrogens is 1. The van der Waals surface area contributed by atoms with Gasteiger partial charge >= 0.3 is 0 Å². The van der Waals surface area contributed by atoms with Crippen molar-refractivity contribution in [3.63, 3.8) is 0 Å². The Bertz CT molecular complexity index is 510. The number of aryl methyl sites for hydroxylation is 1. The van der Waals surface area contributed by atoms with E-state index in [9.17, 15) is 8.42 Å². The summed E-state index contributed by atoms with van der Waals surface area (Å²) in [5, 5.41) is 2.80. The van der Waals surface area contributed by atoms with Crippen LogP contribution in [0.25, 0.3) is 0 Å². The van der Waals surface area contributed by atoms with Crippen molar-refractivity contribution in [3.8, 4) is 0 Å². The van der Waals surface area contributed by atoms with Gasteiger partial charge in [0.25, 0.3) is 0 Å². The van der Waals surface area contributed by atoms with Gasteiger partial charge in [-0.1, -0.05) is 13.0 Å². The summed E-state index contributed by atoms with van der Waals surface area (Å²) in [5.74, 6) is 0. The van der Waals surface area contributed by atoms with Crippen molar-refractivity contribution >= 4 is 10.0 Å². The smallest absolute Gasteiger partial charge is 0.216 e. The normalized spacial score (nSPS) is 20.4. The predicted molar refractivity (Wildman–Crippen MR) is 75.3 cm³/mol. The van der Waals surface area contributed by atoms with Gasteiger partial charge in [0.15, 0.2) is 0 Å². The quantitative estimate of drug-likeness (QED) is 0.839. The van der Waals surface area contributed by atoms with Crippen LogP contribution in [0.15, 0.2) is 18.3 Å². The molecule has 1 unspecified atom stereocenters. The molecule has 0 saturated carbocycles. The first-order valence-electron chi connectivity index (χ1n) is 6.75. The number of hydrogen-bond donors (Lipinski definition) is 2. The number of sulfonamides is 1. The molecule has 1 saturated heterocycles. The molecule has 1 fully saturated rings. The number of hydrogen-bond acceptors (Lipinski definition) is 4. The molecular weight excluding hydrogens is 262 g/mol. The fourth-order valence-electron chi connectivity index (χ4n) is 2.32. The first kappa shape index (κ1) is 14.4. The van der Waals surface area contributed by atoms with Gasteiger partial charge in [-0.25, -0.2) is 13.1 Å². The summed E-state index contributed by atoms with van der Waals surface area (Å²) in [7, 11) is -3.26. The zero-order chi connectivity index (χ0) is 13.7. The first-order valence-corrected chi connectivity index (χ1v) is 8.30. The molecule has 1 aliphatic rings. The second kappa shape index (κ2) is 6.45. The molecule has 0 aliphatic carbocycles. The average molecular weight is 283 g/mol. The lowest BCUT2D eigenvalue weighted by molar-refractivity contribution is 0.489. The minimum absolute atomic E-state index is 0.281. The van der Waals surface area contributed by atoms with Gasteiger partial charge in [-0.15, -0.1) is 0 Å². The summed E-state index contributed by atoms with van der Waals surface area (Å²) in [6.45, 7) is 3.77. The van der Waals surface area contributed by atoms with Crippen LogP contribution in [0, 0.1) is 0 Å². The van der Waals surface area contributed by atoms with Crippen LogP contribution in [0.3, 0.4) is 0 Å². The largest absolute Gasteiger partial charge is 0.315 e. The van der Waals surface area contributed by atoms with Crippen molar-refractivity contribution in [2.75, 3.05) is 13.1 Å². The molecule has 106 valence electrons. The highest BCUT2D eigenvalue weighted by atomic mass is 32.2. The highest BCUT2D eigenvalue weighted by Crippen LogP contribution is 2.12. The third-order valence-electron chi connectivity index (χ3n) is 3.50. The molecule has 6 heteroatoms. The molecule has 19 heavy (non-hydrogen) atoms. The average Bonchev–Trinajstić information content (AvgIpc) is 2.46. The lowest BCUT2D eigenvalue weighted by Crippen LogP contribution is -2.44. The SMILES string of the molecule is CCc1cccnc1CNS(=O)(=O)C1CCCNC1. The Morgan fingerprint density at radius 3 is 3.05 bits per heavy atom. The van der Waals surface area contributed by atoms with E-state index in [0.717, 1.165) is 37.1 Å². The highest BCUT2D eigenvalue weighted by molar-refractivity contribution is 7.90. The summed E-state index contributed by atoms with van der Waals surface area (Å²) in [4.78, 5) is 4.26. The Balaban J connectivity index is 2.00. The Kier molecular flexibility index (Phi) is 4.90. The van der Waals surface area contributed by atoms with Gasteiger partial charge in [0.05, 0.1) is 17.5 Å². The highest BCUT2D eigenvalue weighted by Gasteiger charge is 2.26. The van der Waals surface area contributed by atoms with Gasteiger partial charge < -0.3 is 5.32 Å². The standard InChI is InChI=1S/C13H21N3O2S/c1-2-11-5-3-8-15-13(11)10-16-19(17,18)12-6-4-7-14-9-12/h3,5,8,12,14,16H,2,4,6-7,9-10H2,1H3. The molecule has 2 rings (SSSR count). The molecule has 0 spiro atoms. The van der Waals surface area contributed by atoms with Crippen molar-refractivity contribution in [3.05, 3.63) is 29.6 Å². The van der Waals surface area contributed by atoms with E-state index in [4.69, 9.17) is 0 Å². The maximum atomic E-state index is 12.2. The maximum absolute atomic E-state index is 12.2. The fourth-order valence-corrected chi connectivity index (χ4v) is 3.71. The van der Waals surface area contributed by atoms with Crippen LogP contribution in [-0.2, 0) is 23.0 Å². The molecule has 5 nitrogen and oxygen atoms in total. The van der Waals surface area contributed by atoms with E-state index in [1.807, 2.05) is 19.1 Å². The molecule has 0 bridgehead atoms. The van der Waals surface area contributed by atoms with Gasteiger partial charge in [0.1, 0.15) is 0 Å². The van der Waals surface area contributed by atoms with Crippen LogP contribution in [0.4, 0.5) is 0 Å². The Morgan fingerprint density at radius 1 is 1.53 bits per heavy atom. The van der Waals surface area contributed by atoms with Crippen molar-refractivity contribution in [2.24, 2.45) is 0 Å². The summed E-state index contributed by atoms with van der Waals surface area (Å²) >= 11 is 0. The summed E-state index contributed by atoms with van der Waals surface area (Å²) in [6.07, 6.45) is 4.20. The van der Waals surface area contributed by atoms with Gasteiger partial charge in [0.2, 0.25) is 10.0 Å². The predicted octanol–water partition coefficient (Wildman–Crippen LogP) is 0.815. The van der Waals surface area contributed by atoms with Crippen LogP contribution in [0.2, 0.25) is 0 Å². The van der Waals surface area contributed by atoms with E-state index in [1.54, 1.807) is 6.20 Å². The molecule has 1 aliphatic heterocycles. The molecule has 2 heterocycles. The molecule has 0 aromatic carbocycles. The number of nitrogens with zero attached hydrogens (tertiary/aromatic N) is 1.